The molecule has 0 saturated carbocycles. The Morgan fingerprint density at radius 1 is 1.62 bits per heavy atom. The van der Waals surface area contributed by atoms with Gasteiger partial charge in [0.2, 0.25) is 0 Å². The van der Waals surface area contributed by atoms with E-state index >= 15 is 0 Å². The van der Waals surface area contributed by atoms with Crippen molar-refractivity contribution in [3.05, 3.63) is 24.1 Å². The van der Waals surface area contributed by atoms with Crippen molar-refractivity contribution >= 4 is 18.4 Å². The average Bonchev–Trinajstić information content (AvgIpc) is 2.47. The number of carbonyl (C=O) groups is 1. The van der Waals surface area contributed by atoms with Gasteiger partial charge < -0.3 is 5.73 Å². The molecule has 0 unspecified atom stereocenters. The van der Waals surface area contributed by atoms with Crippen molar-refractivity contribution < 1.29 is 4.79 Å². The number of nitrogens with zero attached hydrogens (tertiary/aromatic N) is 2. The molecule has 1 aliphatic rings. The molecule has 5 heteroatoms. The Hall–Kier alpha value is -1.03. The van der Waals surface area contributed by atoms with Crippen LogP contribution < -0.4 is 5.73 Å². The van der Waals surface area contributed by atoms with Crippen LogP contribution in [0.5, 0.6) is 0 Å². The molecule has 1 aromatic heterocycles. The molecule has 0 atom stereocenters. The Bertz CT molecular complexity index is 321. The Labute approximate surface area is 82.5 Å². The van der Waals surface area contributed by atoms with E-state index < -0.39 is 6.03 Å². The smallest absolute Gasteiger partial charge is 0.324 e. The van der Waals surface area contributed by atoms with Gasteiger partial charge in [0.1, 0.15) is 6.33 Å². The SMILES string of the molecule is Cl.NC(=O)n1cnc2c1CC[CH]C2. The molecule has 0 saturated heterocycles. The molecule has 0 spiro atoms. The zero-order valence-corrected chi connectivity index (χ0v) is 7.88. The highest BCUT2D eigenvalue weighted by Crippen LogP contribution is 2.18. The van der Waals surface area contributed by atoms with E-state index in [-0.39, 0.29) is 12.4 Å². The summed E-state index contributed by atoms with van der Waals surface area (Å²) in [4.78, 5) is 15.0. The van der Waals surface area contributed by atoms with Crippen molar-refractivity contribution in [3.8, 4) is 0 Å². The first-order valence-electron chi connectivity index (χ1n) is 3.95. The van der Waals surface area contributed by atoms with Gasteiger partial charge in [-0.25, -0.2) is 9.78 Å². The summed E-state index contributed by atoms with van der Waals surface area (Å²) in [6.45, 7) is 0. The molecule has 1 aromatic rings. The second-order valence-corrected chi connectivity index (χ2v) is 2.88. The largest absolute Gasteiger partial charge is 0.351 e. The van der Waals surface area contributed by atoms with Crippen molar-refractivity contribution in [1.29, 1.82) is 0 Å². The average molecular weight is 201 g/mol. The summed E-state index contributed by atoms with van der Waals surface area (Å²) >= 11 is 0. The van der Waals surface area contributed by atoms with Crippen LogP contribution in [-0.4, -0.2) is 15.6 Å². The standard InChI is InChI=1S/C8H10N3O.ClH/c9-8(12)11-5-10-6-3-1-2-4-7(6)11;/h1,5H,2-4H2,(H2,9,12);1H. The van der Waals surface area contributed by atoms with Gasteiger partial charge in [-0.2, -0.15) is 0 Å². The van der Waals surface area contributed by atoms with Crippen LogP contribution >= 0.6 is 12.4 Å². The monoisotopic (exact) mass is 200 g/mol. The number of imidazole rings is 1. The Morgan fingerprint density at radius 2 is 2.38 bits per heavy atom. The topological polar surface area (TPSA) is 60.9 Å². The van der Waals surface area contributed by atoms with Gasteiger partial charge in [0.15, 0.2) is 0 Å². The molecule has 1 amide bonds. The first-order valence-corrected chi connectivity index (χ1v) is 3.95. The maximum Gasteiger partial charge on any atom is 0.324 e. The van der Waals surface area contributed by atoms with E-state index in [4.69, 9.17) is 5.73 Å². The van der Waals surface area contributed by atoms with E-state index in [2.05, 4.69) is 11.4 Å². The number of primary amides is 1. The minimum absolute atomic E-state index is 0. The molecule has 2 rings (SSSR count). The maximum atomic E-state index is 10.9. The number of halogens is 1. The van der Waals surface area contributed by atoms with Gasteiger partial charge in [-0.3, -0.25) is 4.57 Å². The Balaban J connectivity index is 0.000000845. The third-order valence-corrected chi connectivity index (χ3v) is 2.11. The van der Waals surface area contributed by atoms with Crippen LogP contribution in [-0.2, 0) is 12.8 Å². The molecule has 1 heterocycles. The van der Waals surface area contributed by atoms with Crippen LogP contribution in [0.3, 0.4) is 0 Å². The van der Waals surface area contributed by atoms with E-state index in [0.29, 0.717) is 0 Å². The third-order valence-electron chi connectivity index (χ3n) is 2.11. The highest BCUT2D eigenvalue weighted by atomic mass is 35.5. The molecule has 1 radical (unpaired) electrons. The van der Waals surface area contributed by atoms with E-state index in [1.165, 1.54) is 10.9 Å². The Morgan fingerprint density at radius 3 is 3.08 bits per heavy atom. The summed E-state index contributed by atoms with van der Waals surface area (Å²) in [5, 5.41) is 0. The number of nitrogens with two attached hydrogens (primary N) is 1. The van der Waals surface area contributed by atoms with Crippen molar-refractivity contribution in [2.45, 2.75) is 19.3 Å². The molecule has 13 heavy (non-hydrogen) atoms. The minimum Gasteiger partial charge on any atom is -0.351 e. The Kier molecular flexibility index (Phi) is 2.93. The highest BCUT2D eigenvalue weighted by Gasteiger charge is 2.16. The second-order valence-electron chi connectivity index (χ2n) is 2.88. The van der Waals surface area contributed by atoms with Gasteiger partial charge in [0, 0.05) is 0 Å². The van der Waals surface area contributed by atoms with Gasteiger partial charge in [-0.15, -0.1) is 12.4 Å². The fourth-order valence-electron chi connectivity index (χ4n) is 1.51. The number of amides is 1. The number of carbonyl (C=O) groups excluding carboxylic acids is 1. The number of hydrogen-bond donors (Lipinski definition) is 1. The zero-order chi connectivity index (χ0) is 8.55. The summed E-state index contributed by atoms with van der Waals surface area (Å²) in [6, 6.07) is -0.439. The zero-order valence-electron chi connectivity index (χ0n) is 7.06. The molecule has 1 aliphatic carbocycles. The maximum absolute atomic E-state index is 10.9. The fraction of sp³-hybridized carbons (Fsp3) is 0.375. The third kappa shape index (κ3) is 1.67. The molecule has 4 nitrogen and oxygen atoms in total. The van der Waals surface area contributed by atoms with Gasteiger partial charge in [-0.05, 0) is 25.7 Å². The van der Waals surface area contributed by atoms with E-state index in [1.807, 2.05) is 0 Å². The molecule has 0 bridgehead atoms. The van der Waals surface area contributed by atoms with Crippen LogP contribution in [0.25, 0.3) is 0 Å². The molecular weight excluding hydrogens is 190 g/mol. The van der Waals surface area contributed by atoms with Crippen molar-refractivity contribution in [3.63, 3.8) is 0 Å². The summed E-state index contributed by atoms with van der Waals surface area (Å²) in [6.07, 6.45) is 6.41. The van der Waals surface area contributed by atoms with Crippen molar-refractivity contribution in [2.75, 3.05) is 0 Å². The van der Waals surface area contributed by atoms with Crippen LogP contribution in [0, 0.1) is 6.42 Å². The molecule has 2 N–H and O–H groups in total. The molecular formula is C8H11ClN3O. The molecule has 0 aromatic carbocycles. The van der Waals surface area contributed by atoms with E-state index in [0.717, 1.165) is 30.7 Å². The summed E-state index contributed by atoms with van der Waals surface area (Å²) in [5.41, 5.74) is 7.12. The van der Waals surface area contributed by atoms with E-state index in [9.17, 15) is 4.79 Å². The van der Waals surface area contributed by atoms with Gasteiger partial charge in [-0.1, -0.05) is 0 Å². The number of rotatable bonds is 0. The predicted molar refractivity (Wildman–Crippen MR) is 50.8 cm³/mol. The number of fused-ring (bicyclic) bond motifs is 1. The lowest BCUT2D eigenvalue weighted by molar-refractivity contribution is 0.249. The lowest BCUT2D eigenvalue weighted by atomic mass is 10.0. The summed E-state index contributed by atoms with van der Waals surface area (Å²) < 4.78 is 1.43. The molecule has 0 fully saturated rings. The molecule has 71 valence electrons. The van der Waals surface area contributed by atoms with Crippen molar-refractivity contribution in [1.82, 2.24) is 9.55 Å². The molecule has 0 aliphatic heterocycles. The summed E-state index contributed by atoms with van der Waals surface area (Å²) in [5.74, 6) is 0. The van der Waals surface area contributed by atoms with Crippen LogP contribution in [0.1, 0.15) is 17.8 Å². The summed E-state index contributed by atoms with van der Waals surface area (Å²) in [7, 11) is 0. The normalized spacial score (nSPS) is 14.5. The number of hydrogen-bond acceptors (Lipinski definition) is 2. The van der Waals surface area contributed by atoms with Gasteiger partial charge in [0.05, 0.1) is 11.4 Å². The second kappa shape index (κ2) is 3.79. The lowest BCUT2D eigenvalue weighted by Gasteiger charge is -2.10. The van der Waals surface area contributed by atoms with Crippen LogP contribution in [0.15, 0.2) is 6.33 Å². The van der Waals surface area contributed by atoms with Crippen LogP contribution in [0.2, 0.25) is 0 Å². The first kappa shape index (κ1) is 10.1. The van der Waals surface area contributed by atoms with Gasteiger partial charge >= 0.3 is 6.03 Å². The van der Waals surface area contributed by atoms with Crippen molar-refractivity contribution in [2.24, 2.45) is 5.73 Å². The highest BCUT2D eigenvalue weighted by molar-refractivity contribution is 5.85. The quantitative estimate of drug-likeness (QED) is 0.677. The van der Waals surface area contributed by atoms with Gasteiger partial charge in [0.25, 0.3) is 0 Å². The number of aromatic nitrogens is 2. The fourth-order valence-corrected chi connectivity index (χ4v) is 1.51. The minimum atomic E-state index is -0.439. The van der Waals surface area contributed by atoms with Crippen LogP contribution in [0.4, 0.5) is 4.79 Å². The first-order chi connectivity index (χ1) is 5.79. The predicted octanol–water partition coefficient (Wildman–Crippen LogP) is 0.925. The van der Waals surface area contributed by atoms with E-state index in [1.54, 1.807) is 0 Å². The lowest BCUT2D eigenvalue weighted by Crippen LogP contribution is -2.22.